The number of nitrogens with one attached hydrogen (secondary N) is 2. The molecule has 1 heterocycles. The molecule has 0 spiro atoms. The Morgan fingerprint density at radius 1 is 1.24 bits per heavy atom. The Morgan fingerprint density at radius 3 is 2.71 bits per heavy atom. The molecule has 2 atom stereocenters. The van der Waals surface area contributed by atoms with Crippen molar-refractivity contribution in [2.75, 3.05) is 18.9 Å². The number of hydrogen-bond donors (Lipinski definition) is 2. The van der Waals surface area contributed by atoms with Gasteiger partial charge >= 0.3 is 0 Å². The summed E-state index contributed by atoms with van der Waals surface area (Å²) in [5, 5.41) is 16.7. The number of aliphatic imine (C=N–C) groups is 1. The molecule has 21 heavy (non-hydrogen) atoms. The van der Waals surface area contributed by atoms with Crippen molar-refractivity contribution in [3.63, 3.8) is 0 Å². The normalized spacial score (nSPS) is 23.3. The van der Waals surface area contributed by atoms with Gasteiger partial charge in [0.05, 0.1) is 0 Å². The van der Waals surface area contributed by atoms with E-state index in [1.807, 2.05) is 48.5 Å². The second-order valence-corrected chi connectivity index (χ2v) is 5.45. The van der Waals surface area contributed by atoms with Gasteiger partial charge in [0, 0.05) is 28.9 Å². The fourth-order valence-corrected chi connectivity index (χ4v) is 2.85. The summed E-state index contributed by atoms with van der Waals surface area (Å²) in [4.78, 5) is 4.16. The van der Waals surface area contributed by atoms with Gasteiger partial charge in [-0.1, -0.05) is 41.9 Å². The maximum absolute atomic E-state index is 12.7. The van der Waals surface area contributed by atoms with Gasteiger partial charge in [0.25, 0.3) is 0 Å². The van der Waals surface area contributed by atoms with Gasteiger partial charge in [-0.05, 0) is 18.2 Å². The van der Waals surface area contributed by atoms with Gasteiger partial charge in [0.1, 0.15) is 12.6 Å². The highest BCUT2D eigenvalue weighted by atomic mass is 35.5. The zero-order chi connectivity index (χ0) is 14.8. The first kappa shape index (κ1) is 14.1. The zero-order valence-electron chi connectivity index (χ0n) is 11.6. The molecule has 2 unspecified atom stereocenters. The lowest BCUT2D eigenvalue weighted by molar-refractivity contribution is -0.865. The van der Waals surface area contributed by atoms with E-state index in [0.29, 0.717) is 17.4 Å². The van der Waals surface area contributed by atoms with Crippen LogP contribution in [0.1, 0.15) is 17.2 Å². The van der Waals surface area contributed by atoms with Gasteiger partial charge in [-0.25, -0.2) is 0 Å². The van der Waals surface area contributed by atoms with Crippen molar-refractivity contribution in [1.29, 1.82) is 0 Å². The molecule has 5 heteroatoms. The number of fused-ring (bicyclic) bond motifs is 1. The summed E-state index contributed by atoms with van der Waals surface area (Å²) in [6.07, 6.45) is 0. The quantitative estimate of drug-likeness (QED) is 0.794. The topological polar surface area (TPSA) is 51.9 Å². The Kier molecular flexibility index (Phi) is 3.92. The van der Waals surface area contributed by atoms with Crippen molar-refractivity contribution < 1.29 is 5.06 Å². The molecule has 0 radical (unpaired) electrons. The van der Waals surface area contributed by atoms with Crippen LogP contribution in [0, 0.1) is 5.21 Å². The van der Waals surface area contributed by atoms with Gasteiger partial charge in [-0.2, -0.15) is 0 Å². The van der Waals surface area contributed by atoms with Crippen molar-refractivity contribution in [1.82, 2.24) is 0 Å². The van der Waals surface area contributed by atoms with Gasteiger partial charge in [-0.3, -0.25) is 4.99 Å². The molecule has 0 amide bonds. The number of hydrogen-bond acceptors (Lipinski definition) is 2. The number of rotatable bonds is 1. The summed E-state index contributed by atoms with van der Waals surface area (Å²) < 4.78 is 0. The van der Waals surface area contributed by atoms with Crippen LogP contribution in [-0.2, 0) is 0 Å². The molecule has 4 nitrogen and oxygen atoms in total. The van der Waals surface area contributed by atoms with Crippen LogP contribution in [0.25, 0.3) is 0 Å². The van der Waals surface area contributed by atoms with Crippen LogP contribution in [0.3, 0.4) is 0 Å². The molecular weight excluding hydrogens is 286 g/mol. The second kappa shape index (κ2) is 5.85. The third kappa shape index (κ3) is 2.78. The molecular formula is C16H16ClN3O. The summed E-state index contributed by atoms with van der Waals surface area (Å²) in [5.74, 6) is 0.682. The third-order valence-electron chi connectivity index (χ3n) is 3.67. The van der Waals surface area contributed by atoms with Crippen molar-refractivity contribution in [2.45, 2.75) is 6.04 Å². The molecule has 0 fully saturated rings. The second-order valence-electron chi connectivity index (χ2n) is 5.01. The molecule has 2 aromatic carbocycles. The van der Waals surface area contributed by atoms with E-state index in [4.69, 9.17) is 11.6 Å². The molecule has 0 bridgehead atoms. The van der Waals surface area contributed by atoms with Gasteiger partial charge in [-0.15, -0.1) is 0 Å². The highest BCUT2D eigenvalue weighted by Crippen LogP contribution is 2.30. The average molecular weight is 302 g/mol. The van der Waals surface area contributed by atoms with E-state index in [1.54, 1.807) is 7.05 Å². The smallest absolute Gasteiger partial charge is 0.157 e. The largest absolute Gasteiger partial charge is 0.633 e. The first-order valence-corrected chi connectivity index (χ1v) is 7.16. The molecule has 2 aromatic rings. The number of halogens is 1. The highest BCUT2D eigenvalue weighted by Gasteiger charge is 2.28. The fourth-order valence-electron chi connectivity index (χ4n) is 2.67. The van der Waals surface area contributed by atoms with Crippen LogP contribution in [0.4, 0.5) is 5.69 Å². The Morgan fingerprint density at radius 2 is 2.00 bits per heavy atom. The lowest BCUT2D eigenvalue weighted by atomic mass is 9.97. The zero-order valence-corrected chi connectivity index (χ0v) is 12.4. The van der Waals surface area contributed by atoms with Crippen molar-refractivity contribution in [3.05, 3.63) is 69.9 Å². The minimum Gasteiger partial charge on any atom is -0.633 e. The lowest BCUT2D eigenvalue weighted by Gasteiger charge is -2.30. The number of quaternary nitrogens is 1. The molecule has 0 saturated heterocycles. The maximum atomic E-state index is 12.7. The van der Waals surface area contributed by atoms with Gasteiger partial charge < -0.3 is 15.6 Å². The Bertz CT molecular complexity index is 672. The molecule has 0 aromatic heterocycles. The minimum absolute atomic E-state index is 0.121. The standard InChI is InChI=1S/C16H16ClN3O/c1-18-15-10-20(21)16(11-5-3-2-4-6-11)13-9-12(17)7-8-14(13)19-15/h2-9,16,20H,10H2,1H3,(H,18,19). The van der Waals surface area contributed by atoms with E-state index in [1.165, 1.54) is 0 Å². The number of benzene rings is 2. The summed E-state index contributed by atoms with van der Waals surface area (Å²) in [5.41, 5.74) is 2.77. The molecule has 0 aliphatic carbocycles. The lowest BCUT2D eigenvalue weighted by Crippen LogP contribution is -3.08. The Balaban J connectivity index is 2.17. The monoisotopic (exact) mass is 301 g/mol. The van der Waals surface area contributed by atoms with Crippen LogP contribution in [0.5, 0.6) is 0 Å². The van der Waals surface area contributed by atoms with E-state index < -0.39 is 0 Å². The summed E-state index contributed by atoms with van der Waals surface area (Å²) in [7, 11) is 1.69. The SMILES string of the molecule is CN=C1C[NH+]([O-])C(c2ccccc2)c2cc(Cl)ccc2N1. The number of nitrogens with zero attached hydrogens (tertiary/aromatic N) is 1. The van der Waals surface area contributed by atoms with Gasteiger partial charge in [0.2, 0.25) is 0 Å². The minimum atomic E-state index is -0.313. The third-order valence-corrected chi connectivity index (χ3v) is 3.91. The summed E-state index contributed by atoms with van der Waals surface area (Å²) in [6.45, 7) is 0.294. The molecule has 3 rings (SSSR count). The number of anilines is 1. The summed E-state index contributed by atoms with van der Waals surface area (Å²) in [6, 6.07) is 15.0. The van der Waals surface area contributed by atoms with E-state index >= 15 is 0 Å². The maximum Gasteiger partial charge on any atom is 0.157 e. The van der Waals surface area contributed by atoms with Crippen LogP contribution < -0.4 is 10.4 Å². The Labute approximate surface area is 128 Å². The fraction of sp³-hybridized carbons (Fsp3) is 0.188. The van der Waals surface area contributed by atoms with E-state index in [9.17, 15) is 5.21 Å². The first-order valence-electron chi connectivity index (χ1n) is 6.79. The molecule has 1 aliphatic heterocycles. The van der Waals surface area contributed by atoms with Crippen LogP contribution in [0.15, 0.2) is 53.5 Å². The number of hydroxylamine groups is 2. The van der Waals surface area contributed by atoms with Crippen LogP contribution in [0.2, 0.25) is 5.02 Å². The predicted octanol–water partition coefficient (Wildman–Crippen LogP) is 2.27. The average Bonchev–Trinajstić information content (AvgIpc) is 2.63. The van der Waals surface area contributed by atoms with Crippen LogP contribution >= 0.6 is 11.6 Å². The molecule has 2 N–H and O–H groups in total. The molecule has 108 valence electrons. The number of amidine groups is 1. The van der Waals surface area contributed by atoms with Crippen molar-refractivity contribution in [3.8, 4) is 0 Å². The molecule has 1 aliphatic rings. The van der Waals surface area contributed by atoms with Gasteiger partial charge in [0.15, 0.2) is 5.84 Å². The van der Waals surface area contributed by atoms with E-state index in [2.05, 4.69) is 10.3 Å². The van der Waals surface area contributed by atoms with E-state index in [-0.39, 0.29) is 11.1 Å². The van der Waals surface area contributed by atoms with E-state index in [0.717, 1.165) is 16.8 Å². The first-order chi connectivity index (χ1) is 10.2. The summed E-state index contributed by atoms with van der Waals surface area (Å²) >= 11 is 6.13. The van der Waals surface area contributed by atoms with Crippen LogP contribution in [-0.4, -0.2) is 19.4 Å². The Hall–Kier alpha value is -1.88. The highest BCUT2D eigenvalue weighted by molar-refractivity contribution is 6.30. The van der Waals surface area contributed by atoms with Crippen molar-refractivity contribution in [2.24, 2.45) is 4.99 Å². The molecule has 0 saturated carbocycles. The predicted molar refractivity (Wildman–Crippen MR) is 85.9 cm³/mol. The van der Waals surface area contributed by atoms with Crippen molar-refractivity contribution >= 4 is 23.1 Å².